The molecule has 21 heavy (non-hydrogen) atoms. The van der Waals surface area contributed by atoms with Crippen LogP contribution in [0.4, 0.5) is 11.4 Å². The van der Waals surface area contributed by atoms with Gasteiger partial charge in [0.2, 0.25) is 0 Å². The number of hydrogen-bond acceptors (Lipinski definition) is 4. The third-order valence-corrected chi connectivity index (χ3v) is 4.64. The fourth-order valence-corrected chi connectivity index (χ4v) is 3.57. The molecule has 0 radical (unpaired) electrons. The predicted molar refractivity (Wildman–Crippen MR) is 87.1 cm³/mol. The van der Waals surface area contributed by atoms with Crippen molar-refractivity contribution < 1.29 is 13.2 Å². The first kappa shape index (κ1) is 15.7. The van der Waals surface area contributed by atoms with Crippen LogP contribution in [0.25, 0.3) is 0 Å². The first-order chi connectivity index (χ1) is 9.81. The van der Waals surface area contributed by atoms with Crippen LogP contribution in [0.15, 0.2) is 45.8 Å². The van der Waals surface area contributed by atoms with E-state index in [0.29, 0.717) is 11.4 Å². The van der Waals surface area contributed by atoms with E-state index in [1.165, 1.54) is 25.3 Å². The predicted octanol–water partition coefficient (Wildman–Crippen LogP) is 3.15. The number of nitrogens with one attached hydrogen (secondary N) is 1. The average Bonchev–Trinajstić information content (AvgIpc) is 2.36. The van der Waals surface area contributed by atoms with E-state index in [-0.39, 0.29) is 10.6 Å². The SMILES string of the molecule is COc1ccc(S(=O)(=O)Nc2cc(C)cc(Br)c2)cc1N. The Kier molecular flexibility index (Phi) is 4.43. The van der Waals surface area contributed by atoms with Gasteiger partial charge in [-0.15, -0.1) is 0 Å². The average molecular weight is 371 g/mol. The lowest BCUT2D eigenvalue weighted by atomic mass is 10.2. The molecule has 0 saturated carbocycles. The Morgan fingerprint density at radius 3 is 2.48 bits per heavy atom. The molecular formula is C14H15BrN2O3S. The molecule has 0 aromatic heterocycles. The van der Waals surface area contributed by atoms with E-state index in [2.05, 4.69) is 20.7 Å². The van der Waals surface area contributed by atoms with Gasteiger partial charge in [-0.3, -0.25) is 4.72 Å². The number of nitrogen functional groups attached to an aromatic ring is 1. The summed E-state index contributed by atoms with van der Waals surface area (Å²) < 4.78 is 33.0. The van der Waals surface area contributed by atoms with Crippen molar-refractivity contribution in [1.82, 2.24) is 0 Å². The molecule has 3 N–H and O–H groups in total. The zero-order valence-electron chi connectivity index (χ0n) is 11.6. The van der Waals surface area contributed by atoms with Gasteiger partial charge in [-0.25, -0.2) is 8.42 Å². The van der Waals surface area contributed by atoms with Crippen molar-refractivity contribution in [3.63, 3.8) is 0 Å². The van der Waals surface area contributed by atoms with Gasteiger partial charge in [0, 0.05) is 4.47 Å². The van der Waals surface area contributed by atoms with Crippen molar-refractivity contribution in [2.24, 2.45) is 0 Å². The minimum absolute atomic E-state index is 0.0819. The summed E-state index contributed by atoms with van der Waals surface area (Å²) >= 11 is 3.34. The molecule has 5 nitrogen and oxygen atoms in total. The van der Waals surface area contributed by atoms with Gasteiger partial charge in [-0.2, -0.15) is 0 Å². The largest absolute Gasteiger partial charge is 0.495 e. The van der Waals surface area contributed by atoms with Crippen LogP contribution >= 0.6 is 15.9 Å². The van der Waals surface area contributed by atoms with Crippen molar-refractivity contribution in [1.29, 1.82) is 0 Å². The minimum atomic E-state index is -3.70. The van der Waals surface area contributed by atoms with E-state index >= 15 is 0 Å². The van der Waals surface area contributed by atoms with Crippen LogP contribution in [-0.4, -0.2) is 15.5 Å². The first-order valence-electron chi connectivity index (χ1n) is 6.05. The summed E-state index contributed by atoms with van der Waals surface area (Å²) in [5, 5.41) is 0. The first-order valence-corrected chi connectivity index (χ1v) is 8.33. The molecule has 112 valence electrons. The lowest BCUT2D eigenvalue weighted by Gasteiger charge is -2.11. The maximum absolute atomic E-state index is 12.4. The van der Waals surface area contributed by atoms with Gasteiger partial charge in [-0.1, -0.05) is 15.9 Å². The molecule has 0 atom stereocenters. The molecule has 0 fully saturated rings. The monoisotopic (exact) mass is 370 g/mol. The summed E-state index contributed by atoms with van der Waals surface area (Å²) in [6.45, 7) is 1.88. The molecule has 0 aliphatic heterocycles. The highest BCUT2D eigenvalue weighted by Gasteiger charge is 2.16. The van der Waals surface area contributed by atoms with Crippen LogP contribution in [0.2, 0.25) is 0 Å². The van der Waals surface area contributed by atoms with Gasteiger partial charge in [0.25, 0.3) is 10.0 Å². The number of nitrogens with two attached hydrogens (primary N) is 1. The van der Waals surface area contributed by atoms with E-state index in [1.54, 1.807) is 12.1 Å². The van der Waals surface area contributed by atoms with Crippen molar-refractivity contribution in [2.45, 2.75) is 11.8 Å². The number of benzene rings is 2. The number of hydrogen-bond donors (Lipinski definition) is 2. The Hall–Kier alpha value is -1.73. The van der Waals surface area contributed by atoms with Crippen molar-refractivity contribution in [3.05, 3.63) is 46.4 Å². The number of ether oxygens (including phenoxy) is 1. The second-order valence-electron chi connectivity index (χ2n) is 4.53. The second kappa shape index (κ2) is 5.95. The van der Waals surface area contributed by atoms with E-state index in [1.807, 2.05) is 13.0 Å². The summed E-state index contributed by atoms with van der Waals surface area (Å²) in [6, 6.07) is 9.67. The molecule has 0 aliphatic carbocycles. The number of halogens is 1. The van der Waals surface area contributed by atoms with Gasteiger partial charge in [0.05, 0.1) is 23.4 Å². The van der Waals surface area contributed by atoms with Gasteiger partial charge >= 0.3 is 0 Å². The number of rotatable bonds is 4. The van der Waals surface area contributed by atoms with E-state index < -0.39 is 10.0 Å². The van der Waals surface area contributed by atoms with E-state index in [4.69, 9.17) is 10.5 Å². The van der Waals surface area contributed by atoms with E-state index in [9.17, 15) is 8.42 Å². The molecule has 0 saturated heterocycles. The lowest BCUT2D eigenvalue weighted by molar-refractivity contribution is 0.416. The summed E-state index contributed by atoms with van der Waals surface area (Å²) in [4.78, 5) is 0.0819. The normalized spacial score (nSPS) is 11.2. The zero-order valence-corrected chi connectivity index (χ0v) is 14.0. The van der Waals surface area contributed by atoms with Gasteiger partial charge < -0.3 is 10.5 Å². The number of anilines is 2. The van der Waals surface area contributed by atoms with Gasteiger partial charge in [0.1, 0.15) is 5.75 Å². The molecule has 0 spiro atoms. The number of sulfonamides is 1. The smallest absolute Gasteiger partial charge is 0.261 e. The zero-order chi connectivity index (χ0) is 15.6. The van der Waals surface area contributed by atoms with Crippen molar-refractivity contribution in [3.8, 4) is 5.75 Å². The molecule has 0 aliphatic rings. The van der Waals surface area contributed by atoms with E-state index in [0.717, 1.165) is 10.0 Å². The fraction of sp³-hybridized carbons (Fsp3) is 0.143. The lowest BCUT2D eigenvalue weighted by Crippen LogP contribution is -2.13. The summed E-state index contributed by atoms with van der Waals surface area (Å²) in [7, 11) is -2.23. The highest BCUT2D eigenvalue weighted by Crippen LogP contribution is 2.26. The van der Waals surface area contributed by atoms with Crippen molar-refractivity contribution in [2.75, 3.05) is 17.6 Å². The maximum Gasteiger partial charge on any atom is 0.261 e. The maximum atomic E-state index is 12.4. The molecule has 0 bridgehead atoms. The highest BCUT2D eigenvalue weighted by atomic mass is 79.9. The Bertz CT molecular complexity index is 756. The van der Waals surface area contributed by atoms with Gasteiger partial charge in [0.15, 0.2) is 0 Å². The van der Waals surface area contributed by atoms with Crippen LogP contribution in [0.5, 0.6) is 5.75 Å². The number of methoxy groups -OCH3 is 1. The Morgan fingerprint density at radius 2 is 1.90 bits per heavy atom. The second-order valence-corrected chi connectivity index (χ2v) is 7.12. The molecule has 2 aromatic carbocycles. The Balaban J connectivity index is 2.36. The molecule has 0 unspecified atom stereocenters. The molecule has 2 aromatic rings. The third kappa shape index (κ3) is 3.68. The van der Waals surface area contributed by atoms with Crippen LogP contribution in [-0.2, 0) is 10.0 Å². The standard InChI is InChI=1S/C14H15BrN2O3S/c1-9-5-10(15)7-11(6-9)17-21(18,19)12-3-4-14(20-2)13(16)8-12/h3-8,17H,16H2,1-2H3. The van der Waals surface area contributed by atoms with Crippen LogP contribution < -0.4 is 15.2 Å². The molecule has 0 heterocycles. The Labute approximate surface area is 132 Å². The minimum Gasteiger partial charge on any atom is -0.495 e. The van der Waals surface area contributed by atoms with Gasteiger partial charge in [-0.05, 0) is 48.9 Å². The summed E-state index contributed by atoms with van der Waals surface area (Å²) in [6.07, 6.45) is 0. The molecular weight excluding hydrogens is 356 g/mol. The molecule has 2 rings (SSSR count). The molecule has 0 amide bonds. The van der Waals surface area contributed by atoms with Crippen molar-refractivity contribution >= 4 is 37.3 Å². The summed E-state index contributed by atoms with van der Waals surface area (Å²) in [5.74, 6) is 0.437. The van der Waals surface area contributed by atoms with Crippen LogP contribution in [0.3, 0.4) is 0 Å². The molecule has 7 heteroatoms. The summed E-state index contributed by atoms with van der Waals surface area (Å²) in [5.41, 5.74) is 7.44. The van der Waals surface area contributed by atoms with Crippen LogP contribution in [0, 0.1) is 6.92 Å². The quantitative estimate of drug-likeness (QED) is 0.809. The number of aryl methyl sites for hydroxylation is 1. The highest BCUT2D eigenvalue weighted by molar-refractivity contribution is 9.10. The van der Waals surface area contributed by atoms with Crippen LogP contribution in [0.1, 0.15) is 5.56 Å². The topological polar surface area (TPSA) is 81.4 Å². The third-order valence-electron chi connectivity index (χ3n) is 2.81. The Morgan fingerprint density at radius 1 is 1.19 bits per heavy atom. The fourth-order valence-electron chi connectivity index (χ4n) is 1.89.